The van der Waals surface area contributed by atoms with Crippen LogP contribution in [-0.2, 0) is 13.0 Å². The molecule has 2 aliphatic rings. The zero-order chi connectivity index (χ0) is 14.7. The van der Waals surface area contributed by atoms with Gasteiger partial charge in [0.15, 0.2) is 0 Å². The largest absolute Gasteiger partial charge is 0.329 e. The molecule has 0 aromatic heterocycles. The normalized spacial score (nSPS) is 28.1. The van der Waals surface area contributed by atoms with E-state index in [9.17, 15) is 0 Å². The summed E-state index contributed by atoms with van der Waals surface area (Å²) in [5.41, 5.74) is 9.54. The lowest BCUT2D eigenvalue weighted by Gasteiger charge is -2.45. The maximum atomic E-state index is 6.29. The second-order valence-corrected chi connectivity index (χ2v) is 6.66. The number of hydrogen-bond acceptors (Lipinski definition) is 3. The molecule has 3 rings (SSSR count). The summed E-state index contributed by atoms with van der Waals surface area (Å²) in [6.45, 7) is 8.93. The van der Waals surface area contributed by atoms with E-state index in [4.69, 9.17) is 5.73 Å². The van der Waals surface area contributed by atoms with Crippen LogP contribution in [0.4, 0.5) is 0 Å². The predicted molar refractivity (Wildman–Crippen MR) is 88.3 cm³/mol. The standard InChI is InChI=1S/C18H29N3/c1-2-20-11-5-9-18(15-19,10-13-20)21-12-8-16-6-3-4-7-17(16)14-21/h3-4,6-7H,2,5,8-15,19H2,1H3. The molecule has 2 N–H and O–H groups in total. The molecule has 0 radical (unpaired) electrons. The minimum atomic E-state index is 0.220. The van der Waals surface area contributed by atoms with Gasteiger partial charge < -0.3 is 10.6 Å². The Bertz CT molecular complexity index is 473. The lowest BCUT2D eigenvalue weighted by atomic mass is 9.85. The van der Waals surface area contributed by atoms with Crippen molar-refractivity contribution in [2.75, 3.05) is 32.7 Å². The van der Waals surface area contributed by atoms with Gasteiger partial charge in [-0.25, -0.2) is 0 Å². The summed E-state index contributed by atoms with van der Waals surface area (Å²) in [5, 5.41) is 0. The van der Waals surface area contributed by atoms with Crippen molar-refractivity contribution in [3.05, 3.63) is 35.4 Å². The number of fused-ring (bicyclic) bond motifs is 1. The van der Waals surface area contributed by atoms with Crippen molar-refractivity contribution < 1.29 is 0 Å². The van der Waals surface area contributed by atoms with E-state index in [0.717, 1.165) is 13.1 Å². The number of nitrogens with zero attached hydrogens (tertiary/aromatic N) is 2. The van der Waals surface area contributed by atoms with Gasteiger partial charge in [-0.05, 0) is 56.4 Å². The zero-order valence-corrected chi connectivity index (χ0v) is 13.4. The molecule has 0 aliphatic carbocycles. The van der Waals surface area contributed by atoms with Crippen LogP contribution in [0.15, 0.2) is 24.3 Å². The maximum absolute atomic E-state index is 6.29. The lowest BCUT2D eigenvalue weighted by molar-refractivity contribution is 0.0645. The molecule has 1 fully saturated rings. The SMILES string of the molecule is CCN1CCCC(CN)(N2CCc3ccccc3C2)CC1. The molecular formula is C18H29N3. The third kappa shape index (κ3) is 3.01. The van der Waals surface area contributed by atoms with Crippen molar-refractivity contribution in [1.82, 2.24) is 9.80 Å². The van der Waals surface area contributed by atoms with E-state index < -0.39 is 0 Å². The number of nitrogens with two attached hydrogens (primary N) is 1. The second kappa shape index (κ2) is 6.47. The predicted octanol–water partition coefficient (Wildman–Crippen LogP) is 2.25. The Balaban J connectivity index is 1.77. The van der Waals surface area contributed by atoms with E-state index >= 15 is 0 Å². The fraction of sp³-hybridized carbons (Fsp3) is 0.667. The number of hydrogen-bond donors (Lipinski definition) is 1. The van der Waals surface area contributed by atoms with Gasteiger partial charge in [0.05, 0.1) is 0 Å². The third-order valence-electron chi connectivity index (χ3n) is 5.64. The van der Waals surface area contributed by atoms with Crippen molar-refractivity contribution in [3.8, 4) is 0 Å². The molecule has 3 heteroatoms. The fourth-order valence-electron chi connectivity index (χ4n) is 4.10. The van der Waals surface area contributed by atoms with E-state index in [0.29, 0.717) is 0 Å². The van der Waals surface area contributed by atoms with E-state index in [-0.39, 0.29) is 5.54 Å². The van der Waals surface area contributed by atoms with Crippen LogP contribution in [0.1, 0.15) is 37.3 Å². The fourth-order valence-corrected chi connectivity index (χ4v) is 4.10. The Morgan fingerprint density at radius 2 is 1.90 bits per heavy atom. The Morgan fingerprint density at radius 3 is 2.67 bits per heavy atom. The number of benzene rings is 1. The van der Waals surface area contributed by atoms with Crippen LogP contribution in [-0.4, -0.2) is 48.1 Å². The van der Waals surface area contributed by atoms with Crippen LogP contribution in [0.5, 0.6) is 0 Å². The van der Waals surface area contributed by atoms with Gasteiger partial charge in [-0.3, -0.25) is 4.90 Å². The molecule has 0 amide bonds. The smallest absolute Gasteiger partial charge is 0.0348 e. The summed E-state index contributed by atoms with van der Waals surface area (Å²) in [5.74, 6) is 0. The quantitative estimate of drug-likeness (QED) is 0.925. The van der Waals surface area contributed by atoms with E-state index in [2.05, 4.69) is 41.0 Å². The van der Waals surface area contributed by atoms with Crippen molar-refractivity contribution in [1.29, 1.82) is 0 Å². The first-order chi connectivity index (χ1) is 10.3. The monoisotopic (exact) mass is 287 g/mol. The summed E-state index contributed by atoms with van der Waals surface area (Å²) in [6, 6.07) is 8.91. The van der Waals surface area contributed by atoms with Gasteiger partial charge in [0.1, 0.15) is 0 Å². The summed E-state index contributed by atoms with van der Waals surface area (Å²) in [7, 11) is 0. The van der Waals surface area contributed by atoms with Gasteiger partial charge in [0.25, 0.3) is 0 Å². The van der Waals surface area contributed by atoms with Crippen LogP contribution in [0.2, 0.25) is 0 Å². The van der Waals surface area contributed by atoms with Crippen LogP contribution in [0.3, 0.4) is 0 Å². The Labute approximate surface area is 129 Å². The van der Waals surface area contributed by atoms with Crippen LogP contribution in [0.25, 0.3) is 0 Å². The molecule has 116 valence electrons. The average molecular weight is 287 g/mol. The highest BCUT2D eigenvalue weighted by atomic mass is 15.2. The summed E-state index contributed by atoms with van der Waals surface area (Å²) < 4.78 is 0. The van der Waals surface area contributed by atoms with Gasteiger partial charge in [0.2, 0.25) is 0 Å². The molecule has 1 aromatic carbocycles. The van der Waals surface area contributed by atoms with Crippen LogP contribution in [0, 0.1) is 0 Å². The van der Waals surface area contributed by atoms with Crippen molar-refractivity contribution in [3.63, 3.8) is 0 Å². The molecule has 2 aliphatic heterocycles. The Kier molecular flexibility index (Phi) is 4.63. The van der Waals surface area contributed by atoms with Crippen LogP contribution < -0.4 is 5.73 Å². The molecule has 1 aromatic rings. The summed E-state index contributed by atoms with van der Waals surface area (Å²) >= 11 is 0. The van der Waals surface area contributed by atoms with E-state index in [1.807, 2.05) is 0 Å². The molecule has 0 saturated carbocycles. The van der Waals surface area contributed by atoms with Crippen molar-refractivity contribution in [2.45, 2.75) is 44.7 Å². The highest BCUT2D eigenvalue weighted by molar-refractivity contribution is 5.29. The van der Waals surface area contributed by atoms with Crippen molar-refractivity contribution in [2.24, 2.45) is 5.73 Å². The molecular weight excluding hydrogens is 258 g/mol. The molecule has 0 bridgehead atoms. The zero-order valence-electron chi connectivity index (χ0n) is 13.4. The summed E-state index contributed by atoms with van der Waals surface area (Å²) in [4.78, 5) is 5.27. The molecule has 2 heterocycles. The van der Waals surface area contributed by atoms with Gasteiger partial charge >= 0.3 is 0 Å². The van der Waals surface area contributed by atoms with Crippen LogP contribution >= 0.6 is 0 Å². The summed E-state index contributed by atoms with van der Waals surface area (Å²) in [6.07, 6.45) is 4.93. The minimum Gasteiger partial charge on any atom is -0.329 e. The van der Waals surface area contributed by atoms with E-state index in [1.165, 1.54) is 63.0 Å². The lowest BCUT2D eigenvalue weighted by Crippen LogP contribution is -2.55. The Hall–Kier alpha value is -0.900. The first-order valence-electron chi connectivity index (χ1n) is 8.52. The molecule has 0 spiro atoms. The minimum absolute atomic E-state index is 0.220. The molecule has 3 nitrogen and oxygen atoms in total. The first kappa shape index (κ1) is 15.0. The molecule has 1 atom stereocenters. The Morgan fingerprint density at radius 1 is 1.10 bits per heavy atom. The number of rotatable bonds is 3. The van der Waals surface area contributed by atoms with Gasteiger partial charge in [0, 0.05) is 25.2 Å². The molecule has 21 heavy (non-hydrogen) atoms. The first-order valence-corrected chi connectivity index (χ1v) is 8.52. The molecule has 1 saturated heterocycles. The second-order valence-electron chi connectivity index (χ2n) is 6.66. The van der Waals surface area contributed by atoms with Gasteiger partial charge in [-0.1, -0.05) is 31.2 Å². The van der Waals surface area contributed by atoms with Gasteiger partial charge in [-0.15, -0.1) is 0 Å². The van der Waals surface area contributed by atoms with Crippen molar-refractivity contribution >= 4 is 0 Å². The van der Waals surface area contributed by atoms with E-state index in [1.54, 1.807) is 0 Å². The topological polar surface area (TPSA) is 32.5 Å². The highest BCUT2D eigenvalue weighted by Gasteiger charge is 2.38. The maximum Gasteiger partial charge on any atom is 0.0348 e. The number of likely N-dealkylation sites (tertiary alicyclic amines) is 1. The highest BCUT2D eigenvalue weighted by Crippen LogP contribution is 2.32. The molecule has 1 unspecified atom stereocenters. The third-order valence-corrected chi connectivity index (χ3v) is 5.64. The average Bonchev–Trinajstić information content (AvgIpc) is 2.77. The van der Waals surface area contributed by atoms with Gasteiger partial charge in [-0.2, -0.15) is 0 Å².